The van der Waals surface area contributed by atoms with E-state index >= 15 is 0 Å². The third-order valence-electron chi connectivity index (χ3n) is 3.26. The first-order valence-electron chi connectivity index (χ1n) is 7.34. The molecule has 124 valence electrons. The van der Waals surface area contributed by atoms with Gasteiger partial charge in [-0.2, -0.15) is 0 Å². The predicted octanol–water partition coefficient (Wildman–Crippen LogP) is 2.46. The number of rotatable bonds is 5. The summed E-state index contributed by atoms with van der Waals surface area (Å²) in [6.07, 6.45) is 0. The summed E-state index contributed by atoms with van der Waals surface area (Å²) in [6, 6.07) is 15.4. The molecule has 2 amide bonds. The number of nitrogens with one attached hydrogen (secondary N) is 1. The molecule has 0 aliphatic carbocycles. The van der Waals surface area contributed by atoms with E-state index < -0.39 is 5.97 Å². The molecule has 0 saturated heterocycles. The summed E-state index contributed by atoms with van der Waals surface area (Å²) in [7, 11) is 1.61. The number of hydrogen-bond acceptors (Lipinski definition) is 4. The van der Waals surface area contributed by atoms with Crippen molar-refractivity contribution in [3.63, 3.8) is 0 Å². The molecule has 0 spiro atoms. The minimum atomic E-state index is -0.628. The Hall–Kier alpha value is -3.15. The number of ether oxygens (including phenoxy) is 1. The first-order valence-corrected chi connectivity index (χ1v) is 7.34. The lowest BCUT2D eigenvalue weighted by Gasteiger charge is -2.17. The number of likely N-dealkylation sites (N-methyl/N-ethyl adjacent to an activating group) is 1. The van der Waals surface area contributed by atoms with Crippen molar-refractivity contribution in [1.29, 1.82) is 0 Å². The monoisotopic (exact) mass is 326 g/mol. The molecule has 6 nitrogen and oxygen atoms in total. The highest BCUT2D eigenvalue weighted by atomic mass is 16.5. The second kappa shape index (κ2) is 7.92. The van der Waals surface area contributed by atoms with Gasteiger partial charge in [-0.3, -0.25) is 9.59 Å². The van der Waals surface area contributed by atoms with E-state index in [-0.39, 0.29) is 24.0 Å². The topological polar surface area (TPSA) is 75.7 Å². The Morgan fingerprint density at radius 1 is 1.04 bits per heavy atom. The molecule has 0 aromatic heterocycles. The fourth-order valence-corrected chi connectivity index (χ4v) is 2.03. The largest absolute Gasteiger partial charge is 0.452 e. The molecule has 0 aliphatic rings. The molecular weight excluding hydrogens is 308 g/mol. The summed E-state index contributed by atoms with van der Waals surface area (Å²) in [6.45, 7) is 1.01. The zero-order valence-electron chi connectivity index (χ0n) is 13.5. The lowest BCUT2D eigenvalue weighted by atomic mass is 10.2. The predicted molar refractivity (Wildman–Crippen MR) is 90.9 cm³/mol. The Morgan fingerprint density at radius 3 is 2.42 bits per heavy atom. The van der Waals surface area contributed by atoms with Crippen LogP contribution in [0.15, 0.2) is 54.6 Å². The molecule has 0 radical (unpaired) electrons. The number of nitrogens with zero attached hydrogens (tertiary/aromatic N) is 1. The summed E-state index contributed by atoms with van der Waals surface area (Å²) < 4.78 is 5.05. The van der Waals surface area contributed by atoms with Crippen molar-refractivity contribution in [3.8, 4) is 0 Å². The second-order valence-electron chi connectivity index (χ2n) is 5.13. The number of carbonyl (C=O) groups excluding carboxylic acids is 3. The van der Waals surface area contributed by atoms with Crippen LogP contribution in [0, 0.1) is 0 Å². The quantitative estimate of drug-likeness (QED) is 0.857. The highest BCUT2D eigenvalue weighted by Crippen LogP contribution is 2.13. The zero-order valence-corrected chi connectivity index (χ0v) is 13.5. The minimum Gasteiger partial charge on any atom is -0.452 e. The van der Waals surface area contributed by atoms with Gasteiger partial charge in [0.05, 0.1) is 5.56 Å². The standard InChI is InChI=1S/C18H18N2O4/c1-13(21)19-15-8-6-7-14(11-15)18(23)24-12-17(22)20(2)16-9-4-3-5-10-16/h3-11H,12H2,1-2H3,(H,19,21). The Morgan fingerprint density at radius 2 is 1.75 bits per heavy atom. The van der Waals surface area contributed by atoms with Gasteiger partial charge in [-0.05, 0) is 30.3 Å². The maximum atomic E-state index is 12.1. The van der Waals surface area contributed by atoms with Crippen LogP contribution in [0.2, 0.25) is 0 Å². The summed E-state index contributed by atoms with van der Waals surface area (Å²) in [5.41, 5.74) is 1.47. The molecule has 6 heteroatoms. The van der Waals surface area contributed by atoms with Crippen LogP contribution in [0.5, 0.6) is 0 Å². The maximum Gasteiger partial charge on any atom is 0.338 e. The minimum absolute atomic E-state index is 0.236. The first kappa shape index (κ1) is 17.2. The van der Waals surface area contributed by atoms with Crippen molar-refractivity contribution in [2.24, 2.45) is 0 Å². The number of anilines is 2. The van der Waals surface area contributed by atoms with Crippen LogP contribution in [-0.2, 0) is 14.3 Å². The van der Waals surface area contributed by atoms with E-state index in [1.165, 1.54) is 17.9 Å². The Kier molecular flexibility index (Phi) is 5.68. The highest BCUT2D eigenvalue weighted by molar-refractivity contribution is 5.97. The lowest BCUT2D eigenvalue weighted by Crippen LogP contribution is -2.31. The number of benzene rings is 2. The molecule has 2 aromatic rings. The van der Waals surface area contributed by atoms with Gasteiger partial charge in [-0.1, -0.05) is 24.3 Å². The Bertz CT molecular complexity index is 744. The van der Waals surface area contributed by atoms with E-state index in [0.29, 0.717) is 11.4 Å². The molecule has 0 atom stereocenters. The molecular formula is C18H18N2O4. The summed E-state index contributed by atoms with van der Waals surface area (Å²) in [5.74, 6) is -1.20. The molecule has 0 fully saturated rings. The van der Waals surface area contributed by atoms with Crippen LogP contribution in [0.4, 0.5) is 11.4 Å². The average Bonchev–Trinajstić information content (AvgIpc) is 2.59. The van der Waals surface area contributed by atoms with Crippen molar-refractivity contribution >= 4 is 29.2 Å². The van der Waals surface area contributed by atoms with Gasteiger partial charge in [0.25, 0.3) is 5.91 Å². The van der Waals surface area contributed by atoms with Gasteiger partial charge < -0.3 is 15.0 Å². The summed E-state index contributed by atoms with van der Waals surface area (Å²) in [4.78, 5) is 36.6. The van der Waals surface area contributed by atoms with Crippen molar-refractivity contribution < 1.29 is 19.1 Å². The van der Waals surface area contributed by atoms with E-state index in [0.717, 1.165) is 0 Å². The zero-order chi connectivity index (χ0) is 17.5. The van der Waals surface area contributed by atoms with Gasteiger partial charge in [0.15, 0.2) is 6.61 Å². The Balaban J connectivity index is 1.95. The smallest absolute Gasteiger partial charge is 0.338 e. The van der Waals surface area contributed by atoms with Gasteiger partial charge in [0.2, 0.25) is 5.91 Å². The second-order valence-corrected chi connectivity index (χ2v) is 5.13. The molecule has 24 heavy (non-hydrogen) atoms. The van der Waals surface area contributed by atoms with E-state index in [4.69, 9.17) is 4.74 Å². The number of carbonyl (C=O) groups is 3. The first-order chi connectivity index (χ1) is 11.5. The van der Waals surface area contributed by atoms with E-state index in [1.807, 2.05) is 18.2 Å². The summed E-state index contributed by atoms with van der Waals surface area (Å²) in [5, 5.41) is 2.58. The lowest BCUT2D eigenvalue weighted by molar-refractivity contribution is -0.121. The van der Waals surface area contributed by atoms with Crippen LogP contribution in [0.25, 0.3) is 0 Å². The van der Waals surface area contributed by atoms with E-state index in [2.05, 4.69) is 5.32 Å². The number of esters is 1. The molecule has 2 aromatic carbocycles. The SMILES string of the molecule is CC(=O)Nc1cccc(C(=O)OCC(=O)N(C)c2ccccc2)c1. The van der Waals surface area contributed by atoms with Gasteiger partial charge in [-0.15, -0.1) is 0 Å². The third kappa shape index (κ3) is 4.67. The van der Waals surface area contributed by atoms with Gasteiger partial charge in [0.1, 0.15) is 0 Å². The maximum absolute atomic E-state index is 12.1. The fourth-order valence-electron chi connectivity index (χ4n) is 2.03. The number of amides is 2. The van der Waals surface area contributed by atoms with Crippen LogP contribution in [-0.4, -0.2) is 31.4 Å². The fraction of sp³-hybridized carbons (Fsp3) is 0.167. The highest BCUT2D eigenvalue weighted by Gasteiger charge is 2.15. The van der Waals surface area contributed by atoms with E-state index in [1.54, 1.807) is 37.4 Å². The van der Waals surface area contributed by atoms with Crippen LogP contribution < -0.4 is 10.2 Å². The van der Waals surface area contributed by atoms with Crippen molar-refractivity contribution in [2.75, 3.05) is 23.9 Å². The van der Waals surface area contributed by atoms with Crippen LogP contribution >= 0.6 is 0 Å². The van der Waals surface area contributed by atoms with Crippen molar-refractivity contribution in [2.45, 2.75) is 6.92 Å². The molecule has 0 heterocycles. The van der Waals surface area contributed by atoms with Gasteiger partial charge in [0, 0.05) is 25.3 Å². The van der Waals surface area contributed by atoms with Crippen molar-refractivity contribution in [1.82, 2.24) is 0 Å². The molecule has 0 unspecified atom stereocenters. The number of para-hydroxylation sites is 1. The van der Waals surface area contributed by atoms with Crippen LogP contribution in [0.1, 0.15) is 17.3 Å². The van der Waals surface area contributed by atoms with Gasteiger partial charge in [-0.25, -0.2) is 4.79 Å². The Labute approximate surface area is 140 Å². The normalized spacial score (nSPS) is 9.92. The molecule has 0 aliphatic heterocycles. The average molecular weight is 326 g/mol. The van der Waals surface area contributed by atoms with E-state index in [9.17, 15) is 14.4 Å². The third-order valence-corrected chi connectivity index (χ3v) is 3.26. The van der Waals surface area contributed by atoms with Gasteiger partial charge >= 0.3 is 5.97 Å². The van der Waals surface area contributed by atoms with Crippen molar-refractivity contribution in [3.05, 3.63) is 60.2 Å². The molecule has 1 N–H and O–H groups in total. The summed E-state index contributed by atoms with van der Waals surface area (Å²) >= 11 is 0. The molecule has 0 bridgehead atoms. The molecule has 0 saturated carbocycles. The number of hydrogen-bond donors (Lipinski definition) is 1. The van der Waals surface area contributed by atoms with Crippen LogP contribution in [0.3, 0.4) is 0 Å². The molecule has 2 rings (SSSR count).